The van der Waals surface area contributed by atoms with E-state index in [-0.39, 0.29) is 18.3 Å². The molecule has 0 spiro atoms. The number of thiophene rings is 1. The molecule has 3 nitrogen and oxygen atoms in total. The maximum atomic E-state index is 13.1. The Kier molecular flexibility index (Phi) is 5.36. The number of nitrogens with one attached hydrogen (secondary N) is 1. The minimum Gasteiger partial charge on any atom is -0.489 e. The van der Waals surface area contributed by atoms with Crippen molar-refractivity contribution in [3.05, 3.63) is 80.8 Å². The molecule has 25 heavy (non-hydrogen) atoms. The largest absolute Gasteiger partial charge is 0.489 e. The van der Waals surface area contributed by atoms with Gasteiger partial charge in [-0.1, -0.05) is 23.7 Å². The molecular weight excluding hydrogens is 361 g/mol. The summed E-state index contributed by atoms with van der Waals surface area (Å²) in [5.74, 6) is -0.104. The predicted molar refractivity (Wildman–Crippen MR) is 99.2 cm³/mol. The number of carbonyl (C=O) groups is 1. The molecule has 1 N–H and O–H groups in total. The van der Waals surface area contributed by atoms with Crippen LogP contribution in [0.2, 0.25) is 5.02 Å². The first kappa shape index (κ1) is 17.5. The quantitative estimate of drug-likeness (QED) is 0.623. The van der Waals surface area contributed by atoms with E-state index in [4.69, 9.17) is 16.3 Å². The Bertz CT molecular complexity index is 910. The molecule has 0 bridgehead atoms. The van der Waals surface area contributed by atoms with Gasteiger partial charge in [-0.05, 0) is 48.2 Å². The van der Waals surface area contributed by atoms with E-state index >= 15 is 0 Å². The fourth-order valence-corrected chi connectivity index (χ4v) is 3.13. The van der Waals surface area contributed by atoms with Gasteiger partial charge in [0, 0.05) is 22.3 Å². The third-order valence-electron chi connectivity index (χ3n) is 3.51. The number of hydrogen-bond donors (Lipinski definition) is 1. The molecule has 3 rings (SSSR count). The molecule has 0 atom stereocenters. The van der Waals surface area contributed by atoms with E-state index in [1.54, 1.807) is 30.3 Å². The Labute approximate surface area is 154 Å². The number of amides is 1. The lowest BCUT2D eigenvalue weighted by Gasteiger charge is -2.06. The summed E-state index contributed by atoms with van der Waals surface area (Å²) in [6.07, 6.45) is 0. The first-order valence-electron chi connectivity index (χ1n) is 7.54. The Morgan fingerprint density at radius 2 is 2.08 bits per heavy atom. The van der Waals surface area contributed by atoms with E-state index in [0.717, 1.165) is 11.1 Å². The molecule has 0 unspecified atom stereocenters. The highest BCUT2D eigenvalue weighted by Crippen LogP contribution is 2.22. The monoisotopic (exact) mass is 375 g/mol. The summed E-state index contributed by atoms with van der Waals surface area (Å²) in [7, 11) is 0. The van der Waals surface area contributed by atoms with E-state index < -0.39 is 0 Å². The van der Waals surface area contributed by atoms with Gasteiger partial charge in [-0.25, -0.2) is 4.39 Å². The van der Waals surface area contributed by atoms with Gasteiger partial charge in [0.05, 0.1) is 4.88 Å². The lowest BCUT2D eigenvalue weighted by atomic mass is 10.2. The molecule has 0 aliphatic carbocycles. The van der Waals surface area contributed by atoms with Crippen molar-refractivity contribution < 1.29 is 13.9 Å². The zero-order valence-corrected chi connectivity index (χ0v) is 15.0. The zero-order chi connectivity index (χ0) is 17.8. The summed E-state index contributed by atoms with van der Waals surface area (Å²) in [4.78, 5) is 12.9. The van der Waals surface area contributed by atoms with E-state index in [1.165, 1.54) is 23.5 Å². The Morgan fingerprint density at radius 1 is 1.24 bits per heavy atom. The molecule has 2 aromatic carbocycles. The van der Waals surface area contributed by atoms with Gasteiger partial charge in [-0.15, -0.1) is 11.3 Å². The van der Waals surface area contributed by atoms with Gasteiger partial charge >= 0.3 is 0 Å². The smallest absolute Gasteiger partial charge is 0.265 e. The van der Waals surface area contributed by atoms with Crippen molar-refractivity contribution in [2.24, 2.45) is 0 Å². The number of ether oxygens (including phenoxy) is 1. The topological polar surface area (TPSA) is 38.3 Å². The van der Waals surface area contributed by atoms with Crippen LogP contribution in [0.1, 0.15) is 20.8 Å². The molecule has 6 heteroatoms. The van der Waals surface area contributed by atoms with E-state index in [0.29, 0.717) is 21.3 Å². The summed E-state index contributed by atoms with van der Waals surface area (Å²) >= 11 is 7.39. The molecule has 1 heterocycles. The van der Waals surface area contributed by atoms with Crippen LogP contribution in [0.4, 0.5) is 10.1 Å². The van der Waals surface area contributed by atoms with Crippen molar-refractivity contribution in [2.75, 3.05) is 5.32 Å². The molecule has 0 saturated heterocycles. The standard InChI is InChI=1S/C19H15ClFNO2S/c1-12-5-6-15(9-17(12)20)22-19(23)18-7-13(11-25-18)10-24-16-4-2-3-14(21)8-16/h2-9,11H,10H2,1H3,(H,22,23). The molecular formula is C19H15ClFNO2S. The Balaban J connectivity index is 1.62. The highest BCUT2D eigenvalue weighted by atomic mass is 35.5. The summed E-state index contributed by atoms with van der Waals surface area (Å²) in [6, 6.07) is 13.1. The van der Waals surface area contributed by atoms with Gasteiger partial charge < -0.3 is 10.1 Å². The van der Waals surface area contributed by atoms with Crippen LogP contribution in [0.5, 0.6) is 5.75 Å². The van der Waals surface area contributed by atoms with E-state index in [2.05, 4.69) is 5.32 Å². The predicted octanol–water partition coefficient (Wildman–Crippen LogP) is 5.68. The molecule has 3 aromatic rings. The lowest BCUT2D eigenvalue weighted by molar-refractivity contribution is 0.103. The molecule has 1 aromatic heterocycles. The summed E-state index contributed by atoms with van der Waals surface area (Å²) in [5, 5.41) is 5.27. The minimum absolute atomic E-state index is 0.207. The highest BCUT2D eigenvalue weighted by molar-refractivity contribution is 7.12. The number of rotatable bonds is 5. The number of carbonyl (C=O) groups excluding carboxylic acids is 1. The highest BCUT2D eigenvalue weighted by Gasteiger charge is 2.11. The van der Waals surface area contributed by atoms with Crippen LogP contribution in [0, 0.1) is 12.7 Å². The molecule has 0 saturated carbocycles. The number of hydrogen-bond acceptors (Lipinski definition) is 3. The second kappa shape index (κ2) is 7.68. The van der Waals surface area contributed by atoms with Crippen molar-refractivity contribution in [1.82, 2.24) is 0 Å². The van der Waals surface area contributed by atoms with Gasteiger partial charge in [0.15, 0.2) is 0 Å². The van der Waals surface area contributed by atoms with Gasteiger partial charge in [-0.3, -0.25) is 4.79 Å². The average molecular weight is 376 g/mol. The zero-order valence-electron chi connectivity index (χ0n) is 13.4. The van der Waals surface area contributed by atoms with E-state index in [9.17, 15) is 9.18 Å². The van der Waals surface area contributed by atoms with Gasteiger partial charge in [0.2, 0.25) is 0 Å². The fraction of sp³-hybridized carbons (Fsp3) is 0.105. The second-order valence-corrected chi connectivity index (χ2v) is 6.80. The van der Waals surface area contributed by atoms with Gasteiger partial charge in [0.25, 0.3) is 5.91 Å². The fourth-order valence-electron chi connectivity index (χ4n) is 2.16. The molecule has 0 aliphatic rings. The lowest BCUT2D eigenvalue weighted by Crippen LogP contribution is -2.10. The Morgan fingerprint density at radius 3 is 2.84 bits per heavy atom. The number of halogens is 2. The summed E-state index contributed by atoms with van der Waals surface area (Å²) in [6.45, 7) is 2.17. The van der Waals surface area contributed by atoms with Crippen molar-refractivity contribution >= 4 is 34.5 Å². The SMILES string of the molecule is Cc1ccc(NC(=O)c2cc(COc3cccc(F)c3)cs2)cc1Cl. The molecule has 0 fully saturated rings. The van der Waals surface area contributed by atoms with Crippen LogP contribution in [0.3, 0.4) is 0 Å². The average Bonchev–Trinajstić information content (AvgIpc) is 3.06. The molecule has 128 valence electrons. The maximum absolute atomic E-state index is 13.1. The first-order chi connectivity index (χ1) is 12.0. The number of benzene rings is 2. The number of anilines is 1. The molecule has 1 amide bonds. The van der Waals surface area contributed by atoms with E-state index in [1.807, 2.05) is 18.4 Å². The van der Waals surface area contributed by atoms with Crippen LogP contribution in [-0.4, -0.2) is 5.91 Å². The van der Waals surface area contributed by atoms with Gasteiger partial charge in [-0.2, -0.15) is 0 Å². The van der Waals surface area contributed by atoms with Crippen molar-refractivity contribution in [3.8, 4) is 5.75 Å². The summed E-state index contributed by atoms with van der Waals surface area (Å²) < 4.78 is 18.7. The van der Waals surface area contributed by atoms with Crippen LogP contribution in [0.25, 0.3) is 0 Å². The van der Waals surface area contributed by atoms with Crippen LogP contribution < -0.4 is 10.1 Å². The van der Waals surface area contributed by atoms with Crippen LogP contribution in [0.15, 0.2) is 53.9 Å². The Hall–Kier alpha value is -2.37. The molecule has 0 radical (unpaired) electrons. The second-order valence-electron chi connectivity index (χ2n) is 5.48. The van der Waals surface area contributed by atoms with Crippen LogP contribution in [-0.2, 0) is 6.61 Å². The minimum atomic E-state index is -0.348. The van der Waals surface area contributed by atoms with Crippen molar-refractivity contribution in [2.45, 2.75) is 13.5 Å². The first-order valence-corrected chi connectivity index (χ1v) is 8.80. The van der Waals surface area contributed by atoms with Crippen molar-refractivity contribution in [1.29, 1.82) is 0 Å². The number of aryl methyl sites for hydroxylation is 1. The van der Waals surface area contributed by atoms with Crippen molar-refractivity contribution in [3.63, 3.8) is 0 Å². The van der Waals surface area contributed by atoms with Crippen LogP contribution >= 0.6 is 22.9 Å². The third-order valence-corrected chi connectivity index (χ3v) is 4.89. The summed E-state index contributed by atoms with van der Waals surface area (Å²) in [5.41, 5.74) is 2.44. The normalized spacial score (nSPS) is 10.5. The third kappa shape index (κ3) is 4.59. The maximum Gasteiger partial charge on any atom is 0.265 e. The van der Waals surface area contributed by atoms with Gasteiger partial charge in [0.1, 0.15) is 18.2 Å². The molecule has 0 aliphatic heterocycles.